The maximum Gasteiger partial charge on any atom is 0.334 e. The first-order chi connectivity index (χ1) is 32.8. The number of carbonyl (C=O) groups is 8. The number of likely N-dealkylation sites (N-methyl/N-ethyl adjacent to an activating group) is 2. The van der Waals surface area contributed by atoms with E-state index >= 15 is 0 Å². The summed E-state index contributed by atoms with van der Waals surface area (Å²) in [6, 6.07) is 1.36. The number of phenols is 2. The number of aliphatic hydroxyl groups excluding tert-OH is 2. The van der Waals surface area contributed by atoms with E-state index in [0.717, 1.165) is 35.5 Å². The highest BCUT2D eigenvalue weighted by Crippen LogP contribution is 2.38. The van der Waals surface area contributed by atoms with Crippen molar-refractivity contribution in [3.63, 3.8) is 0 Å². The van der Waals surface area contributed by atoms with Crippen molar-refractivity contribution in [2.24, 2.45) is 0 Å². The lowest BCUT2D eigenvalue weighted by atomic mass is 9.93. The highest BCUT2D eigenvalue weighted by atomic mass is 16.4. The number of carbonyl (C=O) groups excluding carboxylic acids is 7. The number of aromatic hydroxyl groups is 2. The highest BCUT2D eigenvalue weighted by molar-refractivity contribution is 5.97. The maximum atomic E-state index is 14.1. The predicted octanol–water partition coefficient (Wildman–Crippen LogP) is 2.29. The van der Waals surface area contributed by atoms with Crippen molar-refractivity contribution < 1.29 is 63.9 Å². The van der Waals surface area contributed by atoms with Crippen molar-refractivity contribution >= 4 is 47.3 Å². The molecular weight excluding hydrogens is 895 g/mol. The Balaban J connectivity index is 1.65. The number of carboxylic acids is 1. The van der Waals surface area contributed by atoms with Gasteiger partial charge in [-0.25, -0.2) is 4.79 Å². The van der Waals surface area contributed by atoms with Crippen LogP contribution in [0, 0.1) is 0 Å². The van der Waals surface area contributed by atoms with Crippen LogP contribution in [0.15, 0.2) is 36.4 Å². The number of hydrogen-bond acceptors (Lipinski definition) is 12. The SMILES string of the molecule is CCCCCCCCCCCCCCCC(=O)N(C)[C@H](CO)C(=O)N[C@H](C)C(=O)NCC(=O)N(C)[C@@H]1C(=O)N[C@@H](C)C(=O)N[C@H](C(=O)NCC(O)C(=O)O)Cc2ccc(O)c(c2)-c2cc1ccc2O. The second-order valence-electron chi connectivity index (χ2n) is 17.8. The number of phenolic OH excluding ortho intramolecular Hbond substituents is 2. The molecule has 4 bridgehead atoms. The van der Waals surface area contributed by atoms with Gasteiger partial charge >= 0.3 is 5.97 Å². The lowest BCUT2D eigenvalue weighted by Crippen LogP contribution is -2.56. The van der Waals surface area contributed by atoms with Crippen molar-refractivity contribution in [2.45, 2.75) is 153 Å². The zero-order valence-corrected chi connectivity index (χ0v) is 40.6. The Kier molecular flexibility index (Phi) is 23.9. The molecule has 3 rings (SSSR count). The van der Waals surface area contributed by atoms with Crippen molar-refractivity contribution in [3.8, 4) is 22.6 Å². The fourth-order valence-corrected chi connectivity index (χ4v) is 7.91. The molecule has 1 aliphatic rings. The molecule has 2 aromatic rings. The molecule has 0 radical (unpaired) electrons. The monoisotopic (exact) mass is 968 g/mol. The summed E-state index contributed by atoms with van der Waals surface area (Å²) in [5.41, 5.74) is 0.568. The Labute approximate surface area is 404 Å². The molecule has 69 heavy (non-hydrogen) atoms. The number of aliphatic hydroxyl groups is 2. The number of unbranched alkanes of at least 4 members (excludes halogenated alkanes) is 12. The molecule has 0 aromatic heterocycles. The van der Waals surface area contributed by atoms with Gasteiger partial charge in [-0.15, -0.1) is 0 Å². The summed E-state index contributed by atoms with van der Waals surface area (Å²) in [6.45, 7) is 2.80. The van der Waals surface area contributed by atoms with Crippen molar-refractivity contribution in [3.05, 3.63) is 47.5 Å². The minimum Gasteiger partial charge on any atom is -0.507 e. The van der Waals surface area contributed by atoms with Gasteiger partial charge in [-0.3, -0.25) is 33.6 Å². The summed E-state index contributed by atoms with van der Waals surface area (Å²) in [5, 5.41) is 62.9. The molecule has 1 aliphatic heterocycles. The molecule has 0 spiro atoms. The molecule has 10 N–H and O–H groups in total. The predicted molar refractivity (Wildman–Crippen MR) is 255 cm³/mol. The maximum absolute atomic E-state index is 14.1. The molecule has 2 aromatic carbocycles. The Morgan fingerprint density at radius 2 is 1.32 bits per heavy atom. The number of nitrogens with zero attached hydrogens (tertiary/aromatic N) is 2. The van der Waals surface area contributed by atoms with Crippen LogP contribution in [-0.2, 0) is 44.8 Å². The average Bonchev–Trinajstić information content (AvgIpc) is 3.31. The van der Waals surface area contributed by atoms with Gasteiger partial charge in [-0.2, -0.15) is 0 Å². The molecule has 20 nitrogen and oxygen atoms in total. The Hall–Kier alpha value is -6.28. The molecule has 0 aliphatic carbocycles. The van der Waals surface area contributed by atoms with E-state index in [9.17, 15) is 58.8 Å². The van der Waals surface area contributed by atoms with Crippen molar-refractivity contribution in [2.75, 3.05) is 33.8 Å². The van der Waals surface area contributed by atoms with Gasteiger partial charge in [0, 0.05) is 38.1 Å². The Morgan fingerprint density at radius 3 is 1.90 bits per heavy atom. The molecule has 7 amide bonds. The highest BCUT2D eigenvalue weighted by Gasteiger charge is 2.34. The zero-order chi connectivity index (χ0) is 51.2. The summed E-state index contributed by atoms with van der Waals surface area (Å²) in [5.74, 6) is -7.60. The van der Waals surface area contributed by atoms with E-state index in [2.05, 4.69) is 33.5 Å². The first-order valence-electron chi connectivity index (χ1n) is 24.0. The third-order valence-corrected chi connectivity index (χ3v) is 12.3. The van der Waals surface area contributed by atoms with Gasteiger partial charge < -0.3 is 61.9 Å². The standard InChI is InChI=1S/C49H73N7O13/c1-6-7-8-9-10-11-12-13-14-15-16-17-18-19-41(61)55(4)37(29-57)47(66)52-30(2)44(63)51-28-42(62)56(5)43-33-21-23-39(59)35(26-33)34-24-32(20-22-38(34)58)25-36(46(65)50-27-40(60)49(68)69)54-45(64)31(3)53-48(43)67/h20-24,26,30-31,36-37,40,43,57-60H,6-19,25,27-29H2,1-5H3,(H,50,65)(H,51,63)(H,52,66)(H,53,67)(H,54,64)(H,68,69)/t30-,31+,36+,37-,40?,43+/m1/s1. The summed E-state index contributed by atoms with van der Waals surface area (Å²) >= 11 is 0. The van der Waals surface area contributed by atoms with E-state index in [1.807, 2.05) is 0 Å². The van der Waals surface area contributed by atoms with Gasteiger partial charge in [0.05, 0.1) is 19.7 Å². The molecule has 382 valence electrons. The lowest BCUT2D eigenvalue weighted by molar-refractivity contribution is -0.146. The van der Waals surface area contributed by atoms with Crippen LogP contribution in [0.5, 0.6) is 11.5 Å². The van der Waals surface area contributed by atoms with Gasteiger partial charge in [0.25, 0.3) is 0 Å². The van der Waals surface area contributed by atoms with Crippen LogP contribution in [0.2, 0.25) is 0 Å². The number of amides is 7. The van der Waals surface area contributed by atoms with E-state index in [0.29, 0.717) is 12.0 Å². The normalized spacial score (nSPS) is 17.2. The van der Waals surface area contributed by atoms with Gasteiger partial charge in [0.15, 0.2) is 6.10 Å². The number of rotatable bonds is 26. The van der Waals surface area contributed by atoms with Crippen LogP contribution in [0.25, 0.3) is 11.1 Å². The van der Waals surface area contributed by atoms with Crippen LogP contribution in [0.3, 0.4) is 0 Å². The number of hydrogen-bond donors (Lipinski definition) is 10. The minimum atomic E-state index is -1.94. The fourth-order valence-electron chi connectivity index (χ4n) is 7.91. The summed E-state index contributed by atoms with van der Waals surface area (Å²) in [6.07, 6.45) is 13.0. The van der Waals surface area contributed by atoms with E-state index < -0.39 is 97.4 Å². The van der Waals surface area contributed by atoms with Crippen LogP contribution in [0.4, 0.5) is 0 Å². The first kappa shape index (κ1) is 57.0. The summed E-state index contributed by atoms with van der Waals surface area (Å²) < 4.78 is 0. The van der Waals surface area contributed by atoms with Crippen LogP contribution < -0.4 is 26.6 Å². The molecular formula is C49H73N7O13. The summed E-state index contributed by atoms with van der Waals surface area (Å²) in [7, 11) is 2.66. The molecule has 20 heteroatoms. The Bertz CT molecular complexity index is 2080. The third kappa shape index (κ3) is 18.0. The topological polar surface area (TPSA) is 304 Å². The largest absolute Gasteiger partial charge is 0.507 e. The van der Waals surface area contributed by atoms with E-state index in [1.54, 1.807) is 0 Å². The summed E-state index contributed by atoms with van der Waals surface area (Å²) in [4.78, 5) is 107. The first-order valence-corrected chi connectivity index (χ1v) is 24.0. The van der Waals surface area contributed by atoms with Gasteiger partial charge in [0.1, 0.15) is 41.7 Å². The van der Waals surface area contributed by atoms with Crippen molar-refractivity contribution in [1.82, 2.24) is 36.4 Å². The Morgan fingerprint density at radius 1 is 0.754 bits per heavy atom. The van der Waals surface area contributed by atoms with Crippen LogP contribution >= 0.6 is 0 Å². The number of carboxylic acid groups (broad SMARTS) is 1. The number of fused-ring (bicyclic) bond motifs is 5. The number of benzene rings is 2. The second kappa shape index (κ2) is 28.9. The molecule has 0 saturated heterocycles. The van der Waals surface area contributed by atoms with Crippen LogP contribution in [0.1, 0.15) is 128 Å². The van der Waals surface area contributed by atoms with E-state index in [1.165, 1.54) is 116 Å². The van der Waals surface area contributed by atoms with E-state index in [4.69, 9.17) is 5.11 Å². The molecule has 0 fully saturated rings. The van der Waals surface area contributed by atoms with E-state index in [-0.39, 0.29) is 46.9 Å². The fraction of sp³-hybridized carbons (Fsp3) is 0.592. The van der Waals surface area contributed by atoms with Gasteiger partial charge in [-0.1, -0.05) is 96.1 Å². The van der Waals surface area contributed by atoms with Crippen molar-refractivity contribution in [1.29, 1.82) is 0 Å². The molecule has 6 atom stereocenters. The molecule has 0 saturated carbocycles. The molecule has 1 heterocycles. The average molecular weight is 968 g/mol. The number of aliphatic carboxylic acids is 1. The third-order valence-electron chi connectivity index (χ3n) is 12.3. The second-order valence-corrected chi connectivity index (χ2v) is 17.8. The quantitative estimate of drug-likeness (QED) is 0.0607. The number of nitrogens with one attached hydrogen (secondary N) is 5. The minimum absolute atomic E-state index is 0.0243. The van der Waals surface area contributed by atoms with Crippen LogP contribution in [-0.4, -0.2) is 147 Å². The smallest absolute Gasteiger partial charge is 0.334 e. The molecule has 1 unspecified atom stereocenters. The lowest BCUT2D eigenvalue weighted by Gasteiger charge is -2.30. The van der Waals surface area contributed by atoms with Gasteiger partial charge in [0.2, 0.25) is 41.4 Å². The van der Waals surface area contributed by atoms with Gasteiger partial charge in [-0.05, 0) is 55.7 Å². The zero-order valence-electron chi connectivity index (χ0n) is 40.6.